The van der Waals surface area contributed by atoms with Gasteiger partial charge in [0.25, 0.3) is 0 Å². The van der Waals surface area contributed by atoms with E-state index in [0.29, 0.717) is 25.4 Å². The molecule has 2 aliphatic carbocycles. The number of hydrogen-bond acceptors (Lipinski definition) is 2. The Bertz CT molecular complexity index is 298. The Balaban J connectivity index is 1.73. The van der Waals surface area contributed by atoms with Crippen LogP contribution in [0.5, 0.6) is 0 Å². The highest BCUT2D eigenvalue weighted by Gasteiger charge is 2.32. The number of amides is 1. The Kier molecular flexibility index (Phi) is 4.42. The number of hydrogen-bond donors (Lipinski definition) is 0. The van der Waals surface area contributed by atoms with Crippen molar-refractivity contribution in [3.63, 3.8) is 0 Å². The van der Waals surface area contributed by atoms with Gasteiger partial charge in [0.05, 0.1) is 12.5 Å². The van der Waals surface area contributed by atoms with E-state index >= 15 is 0 Å². The van der Waals surface area contributed by atoms with Gasteiger partial charge in [0.1, 0.15) is 0 Å². The number of carbonyl (C=O) groups is 1. The molecule has 0 atom stereocenters. The lowest BCUT2D eigenvalue weighted by molar-refractivity contribution is -0.132. The molecule has 3 heteroatoms. The van der Waals surface area contributed by atoms with E-state index in [4.69, 9.17) is 5.26 Å². The molecule has 0 aromatic rings. The van der Waals surface area contributed by atoms with E-state index in [1.807, 2.05) is 4.90 Å². The zero-order valence-electron chi connectivity index (χ0n) is 10.5. The smallest absolute Gasteiger partial charge is 0.222 e. The fourth-order valence-corrected chi connectivity index (χ4v) is 2.84. The van der Waals surface area contributed by atoms with Crippen LogP contribution in [0.2, 0.25) is 0 Å². The van der Waals surface area contributed by atoms with Gasteiger partial charge in [-0.15, -0.1) is 0 Å². The molecule has 2 fully saturated rings. The van der Waals surface area contributed by atoms with E-state index in [9.17, 15) is 4.79 Å². The summed E-state index contributed by atoms with van der Waals surface area (Å²) in [7, 11) is 0. The minimum Gasteiger partial charge on any atom is -0.339 e. The van der Waals surface area contributed by atoms with Gasteiger partial charge in [0.2, 0.25) is 5.91 Å². The first kappa shape index (κ1) is 12.4. The van der Waals surface area contributed by atoms with E-state index in [1.54, 1.807) is 0 Å². The van der Waals surface area contributed by atoms with Crippen LogP contribution in [-0.4, -0.2) is 23.4 Å². The normalized spacial score (nSPS) is 20.2. The molecule has 0 unspecified atom stereocenters. The SMILES string of the molecule is N#CCCN(C(=O)CCC1CCCC1)C1CC1. The van der Waals surface area contributed by atoms with Crippen molar-refractivity contribution in [2.75, 3.05) is 6.54 Å². The van der Waals surface area contributed by atoms with Crippen LogP contribution < -0.4 is 0 Å². The monoisotopic (exact) mass is 234 g/mol. The summed E-state index contributed by atoms with van der Waals surface area (Å²) in [6, 6.07) is 2.60. The van der Waals surface area contributed by atoms with Crippen molar-refractivity contribution >= 4 is 5.91 Å². The standard InChI is InChI=1S/C14H22N2O/c15-10-3-11-16(13-7-8-13)14(17)9-6-12-4-1-2-5-12/h12-13H,1-9,11H2. The Morgan fingerprint density at radius 2 is 1.94 bits per heavy atom. The van der Waals surface area contributed by atoms with Crippen LogP contribution in [0, 0.1) is 17.2 Å². The molecule has 0 aromatic heterocycles. The maximum Gasteiger partial charge on any atom is 0.222 e. The molecule has 0 aliphatic heterocycles. The van der Waals surface area contributed by atoms with Crippen molar-refractivity contribution in [2.45, 2.75) is 63.8 Å². The average molecular weight is 234 g/mol. The predicted octanol–water partition coefficient (Wildman–Crippen LogP) is 2.86. The lowest BCUT2D eigenvalue weighted by atomic mass is 10.0. The number of nitrogens with zero attached hydrogens (tertiary/aromatic N) is 2. The minimum absolute atomic E-state index is 0.287. The van der Waals surface area contributed by atoms with Gasteiger partial charge in [-0.05, 0) is 25.2 Å². The van der Waals surface area contributed by atoms with Crippen LogP contribution in [0.4, 0.5) is 0 Å². The van der Waals surface area contributed by atoms with Crippen LogP contribution in [0.15, 0.2) is 0 Å². The Hall–Kier alpha value is -1.04. The third-order valence-corrected chi connectivity index (χ3v) is 4.01. The maximum atomic E-state index is 12.1. The minimum atomic E-state index is 0.287. The highest BCUT2D eigenvalue weighted by molar-refractivity contribution is 5.76. The summed E-state index contributed by atoms with van der Waals surface area (Å²) in [5.74, 6) is 1.07. The summed E-state index contributed by atoms with van der Waals surface area (Å²) in [6.45, 7) is 0.644. The van der Waals surface area contributed by atoms with Gasteiger partial charge in [-0.25, -0.2) is 0 Å². The van der Waals surface area contributed by atoms with Gasteiger partial charge in [0, 0.05) is 19.0 Å². The first-order chi connectivity index (χ1) is 8.31. The highest BCUT2D eigenvalue weighted by atomic mass is 16.2. The molecule has 2 rings (SSSR count). The molecule has 17 heavy (non-hydrogen) atoms. The largest absolute Gasteiger partial charge is 0.339 e. The molecule has 0 aromatic carbocycles. The van der Waals surface area contributed by atoms with Crippen molar-refractivity contribution in [1.82, 2.24) is 4.90 Å². The molecule has 0 N–H and O–H groups in total. The quantitative estimate of drug-likeness (QED) is 0.709. The zero-order chi connectivity index (χ0) is 12.1. The fourth-order valence-electron chi connectivity index (χ4n) is 2.84. The first-order valence-corrected chi connectivity index (χ1v) is 6.97. The van der Waals surface area contributed by atoms with Crippen LogP contribution >= 0.6 is 0 Å². The van der Waals surface area contributed by atoms with Crippen molar-refractivity contribution in [3.05, 3.63) is 0 Å². The van der Waals surface area contributed by atoms with E-state index < -0.39 is 0 Å². The third kappa shape index (κ3) is 3.73. The average Bonchev–Trinajstić information content (AvgIpc) is 3.03. The lowest BCUT2D eigenvalue weighted by Gasteiger charge is -2.22. The van der Waals surface area contributed by atoms with Crippen LogP contribution in [-0.2, 0) is 4.79 Å². The fraction of sp³-hybridized carbons (Fsp3) is 0.857. The lowest BCUT2D eigenvalue weighted by Crippen LogP contribution is -2.34. The van der Waals surface area contributed by atoms with Crippen LogP contribution in [0.3, 0.4) is 0 Å². The molecule has 0 bridgehead atoms. The summed E-state index contributed by atoms with van der Waals surface area (Å²) < 4.78 is 0. The molecule has 1 amide bonds. The first-order valence-electron chi connectivity index (χ1n) is 6.97. The van der Waals surface area contributed by atoms with Gasteiger partial charge < -0.3 is 4.90 Å². The second-order valence-electron chi connectivity index (χ2n) is 5.42. The van der Waals surface area contributed by atoms with Gasteiger partial charge in [0.15, 0.2) is 0 Å². The topological polar surface area (TPSA) is 44.1 Å². The second-order valence-corrected chi connectivity index (χ2v) is 5.42. The molecule has 2 saturated carbocycles. The van der Waals surface area contributed by atoms with Gasteiger partial charge in [-0.1, -0.05) is 25.7 Å². The van der Waals surface area contributed by atoms with Crippen molar-refractivity contribution in [1.29, 1.82) is 5.26 Å². The molecule has 0 saturated heterocycles. The maximum absolute atomic E-state index is 12.1. The molecular formula is C14H22N2O. The van der Waals surface area contributed by atoms with E-state index in [0.717, 1.165) is 25.2 Å². The number of rotatable bonds is 6. The number of carbonyl (C=O) groups excluding carboxylic acids is 1. The Labute approximate surface area is 104 Å². The van der Waals surface area contributed by atoms with E-state index in [1.165, 1.54) is 25.7 Å². The molecule has 94 valence electrons. The summed E-state index contributed by atoms with van der Waals surface area (Å²) in [6.07, 6.45) is 9.84. The molecule has 2 aliphatic rings. The molecular weight excluding hydrogens is 212 g/mol. The predicted molar refractivity (Wildman–Crippen MR) is 66.2 cm³/mol. The van der Waals surface area contributed by atoms with Crippen molar-refractivity contribution in [2.24, 2.45) is 5.92 Å². The molecule has 0 radical (unpaired) electrons. The third-order valence-electron chi connectivity index (χ3n) is 4.01. The van der Waals surface area contributed by atoms with Gasteiger partial charge in [-0.3, -0.25) is 4.79 Å². The van der Waals surface area contributed by atoms with Crippen LogP contribution in [0.25, 0.3) is 0 Å². The van der Waals surface area contributed by atoms with E-state index in [2.05, 4.69) is 6.07 Å². The summed E-state index contributed by atoms with van der Waals surface area (Å²) in [5, 5.41) is 8.61. The Morgan fingerprint density at radius 1 is 1.24 bits per heavy atom. The summed E-state index contributed by atoms with van der Waals surface area (Å²) >= 11 is 0. The van der Waals surface area contributed by atoms with Crippen LogP contribution in [0.1, 0.15) is 57.8 Å². The van der Waals surface area contributed by atoms with Crippen molar-refractivity contribution in [3.8, 4) is 6.07 Å². The van der Waals surface area contributed by atoms with Crippen molar-refractivity contribution < 1.29 is 4.79 Å². The number of nitriles is 1. The van der Waals surface area contributed by atoms with Gasteiger partial charge >= 0.3 is 0 Å². The summed E-state index contributed by atoms with van der Waals surface area (Å²) in [4.78, 5) is 14.1. The Morgan fingerprint density at radius 3 is 2.53 bits per heavy atom. The molecule has 0 spiro atoms. The highest BCUT2D eigenvalue weighted by Crippen LogP contribution is 2.31. The van der Waals surface area contributed by atoms with E-state index in [-0.39, 0.29) is 5.91 Å². The summed E-state index contributed by atoms with van der Waals surface area (Å²) in [5.41, 5.74) is 0. The van der Waals surface area contributed by atoms with Gasteiger partial charge in [-0.2, -0.15) is 5.26 Å². The molecule has 3 nitrogen and oxygen atoms in total. The molecule has 0 heterocycles. The zero-order valence-corrected chi connectivity index (χ0v) is 10.5. The second kappa shape index (κ2) is 6.05.